The fraction of sp³-hybridized carbons (Fsp3) is 0.500. The van der Waals surface area contributed by atoms with Crippen molar-refractivity contribution >= 4 is 5.97 Å². The smallest absolute Gasteiger partial charge is 0.478 e. The number of carboxylic acid groups (broad SMARTS) is 1. The van der Waals surface area contributed by atoms with Crippen LogP contribution in [-0.4, -0.2) is 23.5 Å². The van der Waals surface area contributed by atoms with Gasteiger partial charge < -0.3 is 5.11 Å². The molecule has 0 heterocycles. The van der Waals surface area contributed by atoms with Gasteiger partial charge in [-0.15, -0.1) is 13.2 Å². The summed E-state index contributed by atoms with van der Waals surface area (Å²) in [7, 11) is 0. The molecule has 6 heteroatoms. The molecule has 0 aromatic heterocycles. The molecule has 1 rings (SSSR count). The summed E-state index contributed by atoms with van der Waals surface area (Å²) in [4.78, 5) is 10.1. The third kappa shape index (κ3) is 2.23. The van der Waals surface area contributed by atoms with Crippen LogP contribution in [0.5, 0.6) is 0 Å². The molecule has 0 aromatic rings. The zero-order valence-corrected chi connectivity index (χ0v) is 5.76. The van der Waals surface area contributed by atoms with Gasteiger partial charge in [-0.2, -0.15) is 0 Å². The number of ether oxygens (including phenoxy) is 1. The number of carbonyl (C=O) groups is 1. The lowest BCUT2D eigenvalue weighted by Crippen LogP contribution is -2.30. The average Bonchev–Trinajstić information content (AvgIpc) is 1.74. The second-order valence-corrected chi connectivity index (χ2v) is 2.30. The molecule has 1 aliphatic carbocycles. The highest BCUT2D eigenvalue weighted by molar-refractivity contribution is 5.88. The van der Waals surface area contributed by atoms with E-state index in [0.29, 0.717) is 0 Å². The summed E-state index contributed by atoms with van der Waals surface area (Å²) in [5.41, 5.74) is -0.0377. The van der Waals surface area contributed by atoms with E-state index in [1.165, 1.54) is 0 Å². The first-order valence-electron chi connectivity index (χ1n) is 3.07. The Kier molecular flexibility index (Phi) is 2.10. The maximum Gasteiger partial charge on any atom is 0.523 e. The molecule has 0 bridgehead atoms. The lowest BCUT2D eigenvalue weighted by atomic mass is 9.96. The van der Waals surface area contributed by atoms with Gasteiger partial charge in [-0.05, 0) is 6.08 Å². The molecule has 0 fully saturated rings. The summed E-state index contributed by atoms with van der Waals surface area (Å²) >= 11 is 0. The van der Waals surface area contributed by atoms with Crippen LogP contribution in [-0.2, 0) is 9.53 Å². The van der Waals surface area contributed by atoms with Gasteiger partial charge in [0.05, 0.1) is 6.10 Å². The summed E-state index contributed by atoms with van der Waals surface area (Å²) in [5, 5.41) is 8.24. The zero-order chi connectivity index (χ0) is 9.35. The summed E-state index contributed by atoms with van der Waals surface area (Å²) in [5.74, 6) is -1.20. The molecule has 1 atom stereocenters. The molecule has 0 amide bonds. The van der Waals surface area contributed by atoms with Crippen molar-refractivity contribution in [3.63, 3.8) is 0 Å². The molecule has 3 nitrogen and oxygen atoms in total. The maximum absolute atomic E-state index is 11.5. The van der Waals surface area contributed by atoms with Crippen molar-refractivity contribution in [1.29, 1.82) is 0 Å². The van der Waals surface area contributed by atoms with Crippen LogP contribution in [0.15, 0.2) is 11.6 Å². The van der Waals surface area contributed by atoms with Crippen molar-refractivity contribution in [1.82, 2.24) is 0 Å². The Morgan fingerprint density at radius 2 is 2.17 bits per heavy atom. The van der Waals surface area contributed by atoms with Crippen LogP contribution in [0.3, 0.4) is 0 Å². The molecule has 1 aliphatic rings. The van der Waals surface area contributed by atoms with Crippen molar-refractivity contribution in [3.05, 3.63) is 11.6 Å². The first kappa shape index (κ1) is 9.05. The highest BCUT2D eigenvalue weighted by Gasteiger charge is 2.37. The fourth-order valence-corrected chi connectivity index (χ4v) is 0.814. The van der Waals surface area contributed by atoms with Crippen LogP contribution in [0.2, 0.25) is 0 Å². The van der Waals surface area contributed by atoms with Gasteiger partial charge in [-0.1, -0.05) is 0 Å². The van der Waals surface area contributed by atoms with E-state index in [2.05, 4.69) is 4.74 Å². The number of hydrogen-bond donors (Lipinski definition) is 1. The quantitative estimate of drug-likeness (QED) is 0.700. The monoisotopic (exact) mass is 182 g/mol. The summed E-state index contributed by atoms with van der Waals surface area (Å²) in [6, 6.07) is 0. The van der Waals surface area contributed by atoms with Crippen molar-refractivity contribution in [2.45, 2.75) is 18.9 Å². The third-order valence-electron chi connectivity index (χ3n) is 1.37. The van der Waals surface area contributed by atoms with E-state index in [9.17, 15) is 18.0 Å². The zero-order valence-electron chi connectivity index (χ0n) is 5.76. The van der Waals surface area contributed by atoms with Crippen LogP contribution in [0.1, 0.15) is 6.42 Å². The first-order chi connectivity index (χ1) is 5.38. The van der Waals surface area contributed by atoms with Crippen molar-refractivity contribution in [3.8, 4) is 0 Å². The number of rotatable bonds is 2. The van der Waals surface area contributed by atoms with E-state index in [-0.39, 0.29) is 12.0 Å². The van der Waals surface area contributed by atoms with Gasteiger partial charge in [0.25, 0.3) is 0 Å². The Bertz CT molecular complexity index is 231. The van der Waals surface area contributed by atoms with Gasteiger partial charge in [-0.25, -0.2) is 4.79 Å². The molecule has 0 saturated carbocycles. The molecule has 1 unspecified atom stereocenters. The molecule has 0 saturated heterocycles. The topological polar surface area (TPSA) is 46.5 Å². The molecule has 68 valence electrons. The largest absolute Gasteiger partial charge is 0.523 e. The standard InChI is InChI=1S/C6H5F3O3/c7-6(8,9)12-4-1-3(2-4)5(10)11/h1,4H,2H2,(H,10,11). The molecular formula is C6H5F3O3. The van der Waals surface area contributed by atoms with E-state index >= 15 is 0 Å². The number of alkyl halides is 3. The SMILES string of the molecule is O=C(O)C1=CC(OC(F)(F)F)C1. The van der Waals surface area contributed by atoms with E-state index in [1.807, 2.05) is 0 Å². The van der Waals surface area contributed by atoms with Gasteiger partial charge in [0.15, 0.2) is 0 Å². The summed E-state index contributed by atoms with van der Waals surface area (Å²) in [6.45, 7) is 0. The third-order valence-corrected chi connectivity index (χ3v) is 1.37. The lowest BCUT2D eigenvalue weighted by Gasteiger charge is -2.23. The first-order valence-corrected chi connectivity index (χ1v) is 3.07. The van der Waals surface area contributed by atoms with E-state index in [0.717, 1.165) is 6.08 Å². The minimum absolute atomic E-state index is 0.0377. The second-order valence-electron chi connectivity index (χ2n) is 2.30. The lowest BCUT2D eigenvalue weighted by molar-refractivity contribution is -0.338. The van der Waals surface area contributed by atoms with Gasteiger partial charge in [0, 0.05) is 12.0 Å². The van der Waals surface area contributed by atoms with Crippen LogP contribution in [0.25, 0.3) is 0 Å². The molecular weight excluding hydrogens is 177 g/mol. The maximum atomic E-state index is 11.5. The number of hydrogen-bond acceptors (Lipinski definition) is 2. The molecule has 0 radical (unpaired) electrons. The van der Waals surface area contributed by atoms with Gasteiger partial charge in [0.2, 0.25) is 0 Å². The molecule has 0 spiro atoms. The Morgan fingerprint density at radius 3 is 2.50 bits per heavy atom. The van der Waals surface area contributed by atoms with Gasteiger partial charge in [-0.3, -0.25) is 4.74 Å². The minimum atomic E-state index is -4.69. The van der Waals surface area contributed by atoms with E-state index in [1.54, 1.807) is 0 Å². The average molecular weight is 182 g/mol. The number of aliphatic carboxylic acids is 1. The van der Waals surface area contributed by atoms with Crippen LogP contribution in [0, 0.1) is 0 Å². The van der Waals surface area contributed by atoms with Crippen LogP contribution < -0.4 is 0 Å². The fourth-order valence-electron chi connectivity index (χ4n) is 0.814. The van der Waals surface area contributed by atoms with E-state index < -0.39 is 18.4 Å². The Hall–Kier alpha value is -1.04. The molecule has 1 N–H and O–H groups in total. The van der Waals surface area contributed by atoms with Gasteiger partial charge in [0.1, 0.15) is 0 Å². The predicted octanol–water partition coefficient (Wildman–Crippen LogP) is 1.31. The molecule has 0 aromatic carbocycles. The van der Waals surface area contributed by atoms with Crippen molar-refractivity contribution in [2.75, 3.05) is 0 Å². The van der Waals surface area contributed by atoms with Crippen LogP contribution in [0.4, 0.5) is 13.2 Å². The highest BCUT2D eigenvalue weighted by atomic mass is 19.4. The Labute approximate surface area is 65.4 Å². The van der Waals surface area contributed by atoms with E-state index in [4.69, 9.17) is 5.11 Å². The highest BCUT2D eigenvalue weighted by Crippen LogP contribution is 2.28. The number of halogens is 3. The molecule has 0 aliphatic heterocycles. The Balaban J connectivity index is 2.40. The van der Waals surface area contributed by atoms with Crippen LogP contribution >= 0.6 is 0 Å². The second kappa shape index (κ2) is 2.78. The molecule has 12 heavy (non-hydrogen) atoms. The van der Waals surface area contributed by atoms with Crippen molar-refractivity contribution < 1.29 is 27.8 Å². The van der Waals surface area contributed by atoms with Crippen molar-refractivity contribution in [2.24, 2.45) is 0 Å². The summed E-state index contributed by atoms with van der Waals surface area (Å²) < 4.78 is 37.9. The minimum Gasteiger partial charge on any atom is -0.478 e. The van der Waals surface area contributed by atoms with Gasteiger partial charge >= 0.3 is 12.3 Å². The number of carboxylic acids is 1. The predicted molar refractivity (Wildman–Crippen MR) is 31.3 cm³/mol. The Morgan fingerprint density at radius 1 is 1.67 bits per heavy atom. The summed E-state index contributed by atoms with van der Waals surface area (Å²) in [6.07, 6.45) is -5.06. The normalized spacial score (nSPS) is 22.9.